The number of nitrogens with one attached hydrogen (secondary N) is 1. The fourth-order valence-electron chi connectivity index (χ4n) is 1.74. The van der Waals surface area contributed by atoms with E-state index >= 15 is 0 Å². The van der Waals surface area contributed by atoms with E-state index in [0.29, 0.717) is 11.5 Å². The van der Waals surface area contributed by atoms with Crippen LogP contribution in [-0.4, -0.2) is 19.3 Å². The number of rotatable bonds is 4. The lowest BCUT2D eigenvalue weighted by Gasteiger charge is -2.02. The van der Waals surface area contributed by atoms with E-state index in [-0.39, 0.29) is 11.6 Å². The zero-order chi connectivity index (χ0) is 13.2. The van der Waals surface area contributed by atoms with E-state index in [4.69, 9.17) is 0 Å². The first-order chi connectivity index (χ1) is 9.25. The minimum absolute atomic E-state index is 0.0489. The van der Waals surface area contributed by atoms with Gasteiger partial charge in [-0.05, 0) is 17.1 Å². The second kappa shape index (κ2) is 4.65. The molecule has 0 amide bonds. The van der Waals surface area contributed by atoms with Crippen LogP contribution in [0.5, 0.6) is 0 Å². The van der Waals surface area contributed by atoms with Crippen molar-refractivity contribution in [3.8, 4) is 0 Å². The number of pyridine rings is 1. The molecule has 19 heavy (non-hydrogen) atoms. The summed E-state index contributed by atoms with van der Waals surface area (Å²) in [6.45, 7) is 0.395. The Hall–Kier alpha value is -2.48. The maximum atomic E-state index is 11.1. The maximum absolute atomic E-state index is 11.1. The Kier molecular flexibility index (Phi) is 2.84. The SMILES string of the molecule is O=[N+]([O-])c1c(NCc2ccccn2)nc2sccn12. The highest BCUT2D eigenvalue weighted by atomic mass is 32.1. The topological polar surface area (TPSA) is 85.4 Å². The first-order valence-corrected chi connectivity index (χ1v) is 6.37. The minimum Gasteiger partial charge on any atom is -0.358 e. The fraction of sp³-hybridized carbons (Fsp3) is 0.0909. The van der Waals surface area contributed by atoms with Gasteiger partial charge in [-0.1, -0.05) is 17.4 Å². The maximum Gasteiger partial charge on any atom is 0.372 e. The summed E-state index contributed by atoms with van der Waals surface area (Å²) < 4.78 is 1.46. The standard InChI is InChI=1S/C11H9N5O2S/c17-16(18)10-9(14-11-15(10)5-6-19-11)13-7-8-3-1-2-4-12-8/h1-6,13H,7H2. The zero-order valence-electron chi connectivity index (χ0n) is 9.68. The van der Waals surface area contributed by atoms with Crippen LogP contribution < -0.4 is 5.32 Å². The lowest BCUT2D eigenvalue weighted by molar-refractivity contribution is -0.389. The van der Waals surface area contributed by atoms with E-state index in [2.05, 4.69) is 15.3 Å². The predicted octanol–water partition coefficient (Wildman–Crippen LogP) is 2.31. The molecule has 0 aliphatic carbocycles. The van der Waals surface area contributed by atoms with Gasteiger partial charge in [0.25, 0.3) is 4.96 Å². The Labute approximate surface area is 111 Å². The van der Waals surface area contributed by atoms with E-state index in [1.807, 2.05) is 18.2 Å². The Morgan fingerprint density at radius 1 is 1.47 bits per heavy atom. The summed E-state index contributed by atoms with van der Waals surface area (Å²) in [4.78, 5) is 19.6. The Morgan fingerprint density at radius 2 is 2.37 bits per heavy atom. The summed E-state index contributed by atoms with van der Waals surface area (Å²) in [5.74, 6) is 0.217. The third-order valence-electron chi connectivity index (χ3n) is 2.57. The Morgan fingerprint density at radius 3 is 3.11 bits per heavy atom. The number of nitrogens with zero attached hydrogens (tertiary/aromatic N) is 4. The highest BCUT2D eigenvalue weighted by molar-refractivity contribution is 7.15. The summed E-state index contributed by atoms with van der Waals surface area (Å²) in [6, 6.07) is 5.53. The van der Waals surface area contributed by atoms with Crippen molar-refractivity contribution in [2.75, 3.05) is 5.32 Å². The molecule has 0 radical (unpaired) electrons. The molecule has 0 bridgehead atoms. The average molecular weight is 275 g/mol. The van der Waals surface area contributed by atoms with Gasteiger partial charge in [-0.3, -0.25) is 4.98 Å². The van der Waals surface area contributed by atoms with Gasteiger partial charge in [0.05, 0.1) is 12.2 Å². The van der Waals surface area contributed by atoms with Crippen LogP contribution in [0, 0.1) is 10.1 Å². The molecule has 3 rings (SSSR count). The van der Waals surface area contributed by atoms with E-state index in [1.165, 1.54) is 15.7 Å². The van der Waals surface area contributed by atoms with Crippen molar-refractivity contribution >= 4 is 27.9 Å². The zero-order valence-corrected chi connectivity index (χ0v) is 10.5. The first-order valence-electron chi connectivity index (χ1n) is 5.49. The van der Waals surface area contributed by atoms with Crippen LogP contribution >= 0.6 is 11.3 Å². The van der Waals surface area contributed by atoms with Gasteiger partial charge in [0.1, 0.15) is 6.20 Å². The Balaban J connectivity index is 1.90. The third-order valence-corrected chi connectivity index (χ3v) is 3.33. The Bertz CT molecular complexity index is 721. The molecule has 3 heterocycles. The third kappa shape index (κ3) is 2.13. The minimum atomic E-state index is -0.437. The van der Waals surface area contributed by atoms with E-state index in [9.17, 15) is 10.1 Å². The number of hydrogen-bond acceptors (Lipinski definition) is 6. The number of thiazole rings is 1. The van der Waals surface area contributed by atoms with Crippen LogP contribution in [0.25, 0.3) is 4.96 Å². The monoisotopic (exact) mass is 275 g/mol. The molecule has 0 spiro atoms. The van der Waals surface area contributed by atoms with Crippen LogP contribution in [0.2, 0.25) is 0 Å². The van der Waals surface area contributed by atoms with Crippen molar-refractivity contribution < 1.29 is 4.92 Å². The highest BCUT2D eigenvalue weighted by Crippen LogP contribution is 2.28. The van der Waals surface area contributed by atoms with Crippen LogP contribution in [0.15, 0.2) is 36.0 Å². The normalized spacial score (nSPS) is 10.7. The van der Waals surface area contributed by atoms with Gasteiger partial charge in [-0.15, -0.1) is 0 Å². The summed E-state index contributed by atoms with van der Waals surface area (Å²) in [5, 5.41) is 15.8. The van der Waals surface area contributed by atoms with Gasteiger partial charge >= 0.3 is 5.82 Å². The smallest absolute Gasteiger partial charge is 0.358 e. The number of aromatic nitrogens is 3. The molecule has 8 heteroatoms. The van der Waals surface area contributed by atoms with Crippen molar-refractivity contribution in [1.82, 2.24) is 14.4 Å². The average Bonchev–Trinajstić information content (AvgIpc) is 2.96. The van der Waals surface area contributed by atoms with E-state index in [1.54, 1.807) is 17.8 Å². The molecule has 96 valence electrons. The van der Waals surface area contributed by atoms with Gasteiger partial charge in [-0.2, -0.15) is 9.38 Å². The second-order valence-electron chi connectivity index (χ2n) is 3.77. The number of fused-ring (bicyclic) bond motifs is 1. The van der Waals surface area contributed by atoms with Crippen molar-refractivity contribution in [3.05, 3.63) is 51.8 Å². The molecule has 0 saturated carbocycles. The number of hydrogen-bond donors (Lipinski definition) is 1. The second-order valence-corrected chi connectivity index (χ2v) is 4.64. The predicted molar refractivity (Wildman–Crippen MR) is 71.3 cm³/mol. The number of anilines is 1. The van der Waals surface area contributed by atoms with E-state index in [0.717, 1.165) is 5.69 Å². The molecule has 7 nitrogen and oxygen atoms in total. The van der Waals surface area contributed by atoms with Gasteiger partial charge in [0.2, 0.25) is 5.82 Å². The molecule has 0 aliphatic rings. The molecule has 0 aromatic carbocycles. The summed E-state index contributed by atoms with van der Waals surface area (Å²) in [7, 11) is 0. The van der Waals surface area contributed by atoms with Crippen molar-refractivity contribution in [2.24, 2.45) is 0 Å². The van der Waals surface area contributed by atoms with Crippen molar-refractivity contribution in [1.29, 1.82) is 0 Å². The fourth-order valence-corrected chi connectivity index (χ4v) is 2.45. The van der Waals surface area contributed by atoms with Gasteiger partial charge in [0, 0.05) is 11.6 Å². The van der Waals surface area contributed by atoms with Crippen LogP contribution in [0.3, 0.4) is 0 Å². The molecular weight excluding hydrogens is 266 g/mol. The van der Waals surface area contributed by atoms with Crippen molar-refractivity contribution in [3.63, 3.8) is 0 Å². The highest BCUT2D eigenvalue weighted by Gasteiger charge is 2.23. The lowest BCUT2D eigenvalue weighted by Crippen LogP contribution is -2.04. The molecule has 1 N–H and O–H groups in total. The summed E-state index contributed by atoms with van der Waals surface area (Å²) >= 11 is 1.35. The van der Waals surface area contributed by atoms with Crippen molar-refractivity contribution in [2.45, 2.75) is 6.54 Å². The van der Waals surface area contributed by atoms with Crippen LogP contribution in [0.1, 0.15) is 5.69 Å². The van der Waals surface area contributed by atoms with Gasteiger partial charge < -0.3 is 15.4 Å². The molecule has 3 aromatic rings. The lowest BCUT2D eigenvalue weighted by atomic mass is 10.3. The quantitative estimate of drug-likeness (QED) is 0.583. The molecule has 0 atom stereocenters. The number of nitro groups is 1. The number of imidazole rings is 1. The molecule has 0 fully saturated rings. The largest absolute Gasteiger partial charge is 0.372 e. The molecule has 0 saturated heterocycles. The van der Waals surface area contributed by atoms with E-state index < -0.39 is 4.92 Å². The molecule has 0 aliphatic heterocycles. The van der Waals surface area contributed by atoms with Crippen LogP contribution in [-0.2, 0) is 6.54 Å². The first kappa shape index (κ1) is 11.6. The molecule has 0 unspecified atom stereocenters. The van der Waals surface area contributed by atoms with Crippen LogP contribution in [0.4, 0.5) is 11.6 Å². The van der Waals surface area contributed by atoms with Gasteiger partial charge in [0.15, 0.2) is 0 Å². The van der Waals surface area contributed by atoms with Gasteiger partial charge in [-0.25, -0.2) is 0 Å². The summed E-state index contributed by atoms with van der Waals surface area (Å²) in [6.07, 6.45) is 3.31. The summed E-state index contributed by atoms with van der Waals surface area (Å²) in [5.41, 5.74) is 0.799. The molecule has 3 aromatic heterocycles. The molecular formula is C11H9N5O2S.